The maximum absolute atomic E-state index is 13.6. The zero-order valence-corrected chi connectivity index (χ0v) is 25.8. The SMILES string of the molecule is C=C[C@]1(C)C[C@@H](OC(=O)CS[C@H]2C[C@@H](NC(=O)[C@@H](N)CO)CC[C@H]2O)[C@]2(C)C(C)CCC3(CCC(=O)[C@H]32)[C@@H](C)[C@@H]1O. The second-order valence-corrected chi connectivity index (χ2v) is 15.0. The van der Waals surface area contributed by atoms with Gasteiger partial charge in [-0.1, -0.05) is 33.8 Å². The molecule has 6 N–H and O–H groups in total. The molecule has 0 radical (unpaired) electrons. The summed E-state index contributed by atoms with van der Waals surface area (Å²) in [6.45, 7) is 12.0. The Hall–Kier alpha value is -1.46. The van der Waals surface area contributed by atoms with Crippen LogP contribution in [0.5, 0.6) is 0 Å². The second-order valence-electron chi connectivity index (χ2n) is 13.8. The van der Waals surface area contributed by atoms with Gasteiger partial charge in [-0.3, -0.25) is 14.4 Å². The van der Waals surface area contributed by atoms with E-state index in [0.717, 1.165) is 19.3 Å². The smallest absolute Gasteiger partial charge is 0.316 e. The van der Waals surface area contributed by atoms with Crippen LogP contribution in [0.1, 0.15) is 79.1 Å². The van der Waals surface area contributed by atoms with E-state index in [1.165, 1.54) is 11.8 Å². The van der Waals surface area contributed by atoms with Gasteiger partial charge in [-0.15, -0.1) is 18.3 Å². The molecular formula is C31H50N2O7S. The van der Waals surface area contributed by atoms with Crippen molar-refractivity contribution in [1.29, 1.82) is 0 Å². The minimum Gasteiger partial charge on any atom is -0.461 e. The Kier molecular flexibility index (Phi) is 9.71. The summed E-state index contributed by atoms with van der Waals surface area (Å²) in [5.41, 5.74) is 4.03. The molecule has 9 nitrogen and oxygen atoms in total. The first-order valence-electron chi connectivity index (χ1n) is 15.2. The van der Waals surface area contributed by atoms with Gasteiger partial charge in [0.2, 0.25) is 5.91 Å². The average Bonchev–Trinajstić information content (AvgIpc) is 3.31. The lowest BCUT2D eigenvalue weighted by atomic mass is 9.44. The molecule has 4 rings (SSSR count). The van der Waals surface area contributed by atoms with Crippen LogP contribution in [0.3, 0.4) is 0 Å². The van der Waals surface area contributed by atoms with E-state index in [1.54, 1.807) is 6.08 Å². The van der Waals surface area contributed by atoms with Gasteiger partial charge in [0.1, 0.15) is 17.9 Å². The summed E-state index contributed by atoms with van der Waals surface area (Å²) in [5, 5.41) is 34.0. The molecule has 0 spiro atoms. The Morgan fingerprint density at radius 3 is 2.59 bits per heavy atom. The second kappa shape index (κ2) is 12.3. The van der Waals surface area contributed by atoms with Crippen molar-refractivity contribution in [2.24, 2.45) is 39.7 Å². The highest BCUT2D eigenvalue weighted by Crippen LogP contribution is 2.68. The van der Waals surface area contributed by atoms with Crippen LogP contribution in [0.4, 0.5) is 0 Å². The van der Waals surface area contributed by atoms with E-state index in [0.29, 0.717) is 32.1 Å². The van der Waals surface area contributed by atoms with Crippen molar-refractivity contribution in [3.63, 3.8) is 0 Å². The van der Waals surface area contributed by atoms with E-state index in [1.807, 2.05) is 6.92 Å². The van der Waals surface area contributed by atoms with Gasteiger partial charge in [0.05, 0.1) is 24.6 Å². The molecule has 232 valence electrons. The molecule has 2 bridgehead atoms. The number of hydrogen-bond donors (Lipinski definition) is 5. The highest BCUT2D eigenvalue weighted by Gasteiger charge is 2.68. The number of hydrogen-bond acceptors (Lipinski definition) is 9. The summed E-state index contributed by atoms with van der Waals surface area (Å²) in [5.74, 6) is -0.824. The molecule has 0 aromatic heterocycles. The number of carbonyl (C=O) groups is 3. The van der Waals surface area contributed by atoms with Crippen molar-refractivity contribution in [2.45, 2.75) is 115 Å². The van der Waals surface area contributed by atoms with Gasteiger partial charge >= 0.3 is 5.97 Å². The third-order valence-corrected chi connectivity index (χ3v) is 13.0. The van der Waals surface area contributed by atoms with Crippen LogP contribution in [-0.2, 0) is 19.1 Å². The largest absolute Gasteiger partial charge is 0.461 e. The predicted molar refractivity (Wildman–Crippen MR) is 158 cm³/mol. The highest BCUT2D eigenvalue weighted by atomic mass is 32.2. The first-order valence-corrected chi connectivity index (χ1v) is 16.3. The normalized spacial score (nSPS) is 45.1. The number of esters is 1. The van der Waals surface area contributed by atoms with Crippen LogP contribution in [0, 0.1) is 34.0 Å². The maximum atomic E-state index is 13.6. The Balaban J connectivity index is 1.52. The molecule has 0 heterocycles. The summed E-state index contributed by atoms with van der Waals surface area (Å²) in [6.07, 6.45) is 4.81. The standard InChI is InChI=1S/C31H50N2O7S/c1-6-29(4)14-24(30(5)17(2)9-11-31(18(3)27(29)38)12-10-22(36)26(30)31)40-25(37)16-41-23-13-19(7-8-21(23)35)33-28(39)20(32)15-34/h6,17-21,23-24,26-27,34-35,38H,1,7-16,32H2,2-5H3,(H,33,39)/t17?,18-,19-,20-,21+,23-,24+,26-,27-,29+,30-,31?/m0/s1. The Morgan fingerprint density at radius 1 is 1.22 bits per heavy atom. The van der Waals surface area contributed by atoms with E-state index in [-0.39, 0.29) is 46.0 Å². The van der Waals surface area contributed by atoms with Gasteiger partial charge in [-0.05, 0) is 62.2 Å². The minimum absolute atomic E-state index is 0.0209. The molecule has 41 heavy (non-hydrogen) atoms. The lowest BCUT2D eigenvalue weighted by molar-refractivity contribution is -0.205. The number of aliphatic hydroxyl groups is 3. The first kappa shape index (κ1) is 32.5. The molecule has 0 saturated heterocycles. The molecule has 4 fully saturated rings. The van der Waals surface area contributed by atoms with Crippen LogP contribution < -0.4 is 11.1 Å². The van der Waals surface area contributed by atoms with E-state index >= 15 is 0 Å². The number of nitrogens with one attached hydrogen (secondary N) is 1. The van der Waals surface area contributed by atoms with Crippen LogP contribution in [0.25, 0.3) is 0 Å². The number of Topliss-reactive ketones (excluding diaryl/α,β-unsaturated/α-hetero) is 1. The summed E-state index contributed by atoms with van der Waals surface area (Å²) in [7, 11) is 0. The lowest BCUT2D eigenvalue weighted by Gasteiger charge is -2.61. The van der Waals surface area contributed by atoms with Crippen molar-refractivity contribution in [1.82, 2.24) is 5.32 Å². The number of amides is 1. The van der Waals surface area contributed by atoms with Crippen molar-refractivity contribution in [2.75, 3.05) is 12.4 Å². The maximum Gasteiger partial charge on any atom is 0.316 e. The number of aliphatic hydroxyl groups excluding tert-OH is 3. The molecular weight excluding hydrogens is 544 g/mol. The molecule has 0 aromatic carbocycles. The number of carbonyl (C=O) groups excluding carboxylic acids is 3. The monoisotopic (exact) mass is 594 g/mol. The van der Waals surface area contributed by atoms with E-state index in [4.69, 9.17) is 15.6 Å². The quantitative estimate of drug-likeness (QED) is 0.210. The van der Waals surface area contributed by atoms with Crippen LogP contribution in [0.15, 0.2) is 12.7 Å². The molecule has 0 aliphatic heterocycles. The van der Waals surface area contributed by atoms with Gasteiger partial charge < -0.3 is 31.1 Å². The summed E-state index contributed by atoms with van der Waals surface area (Å²) in [6, 6.07) is -1.20. The third-order valence-electron chi connectivity index (χ3n) is 11.6. The van der Waals surface area contributed by atoms with Crippen molar-refractivity contribution in [3.8, 4) is 0 Å². The van der Waals surface area contributed by atoms with Gasteiger partial charge in [0.25, 0.3) is 0 Å². The van der Waals surface area contributed by atoms with E-state index in [2.05, 4.69) is 32.7 Å². The topological polar surface area (TPSA) is 159 Å². The van der Waals surface area contributed by atoms with Crippen LogP contribution >= 0.6 is 11.8 Å². The third kappa shape index (κ3) is 5.76. The van der Waals surface area contributed by atoms with Crippen LogP contribution in [0.2, 0.25) is 0 Å². The van der Waals surface area contributed by atoms with Gasteiger partial charge in [0.15, 0.2) is 0 Å². The average molecular weight is 595 g/mol. The Morgan fingerprint density at radius 2 is 1.93 bits per heavy atom. The van der Waals surface area contributed by atoms with Gasteiger partial charge in [-0.2, -0.15) is 0 Å². The Labute approximate surface area is 248 Å². The predicted octanol–water partition coefficient (Wildman–Crippen LogP) is 2.34. The molecule has 10 heteroatoms. The minimum atomic E-state index is -0.997. The molecule has 4 aliphatic rings. The van der Waals surface area contributed by atoms with E-state index < -0.39 is 53.7 Å². The van der Waals surface area contributed by atoms with Crippen molar-refractivity contribution >= 4 is 29.4 Å². The molecule has 12 atom stereocenters. The number of thioether (sulfide) groups is 1. The van der Waals surface area contributed by atoms with E-state index in [9.17, 15) is 24.6 Å². The summed E-state index contributed by atoms with van der Waals surface area (Å²) in [4.78, 5) is 39.2. The van der Waals surface area contributed by atoms with Crippen molar-refractivity contribution in [3.05, 3.63) is 12.7 Å². The zero-order chi connectivity index (χ0) is 30.3. The van der Waals surface area contributed by atoms with Crippen molar-refractivity contribution < 1.29 is 34.4 Å². The molecule has 2 unspecified atom stereocenters. The fourth-order valence-corrected chi connectivity index (χ4v) is 9.83. The first-order chi connectivity index (χ1) is 19.2. The van der Waals surface area contributed by atoms with Crippen LogP contribution in [-0.4, -0.2) is 81.0 Å². The van der Waals surface area contributed by atoms with Gasteiger partial charge in [0, 0.05) is 34.5 Å². The fourth-order valence-electron chi connectivity index (χ4n) is 8.68. The lowest BCUT2D eigenvalue weighted by Crippen LogP contribution is -2.63. The molecule has 4 saturated carbocycles. The molecule has 4 aliphatic carbocycles. The fraction of sp³-hybridized carbons (Fsp3) is 0.839. The van der Waals surface area contributed by atoms with Gasteiger partial charge in [-0.25, -0.2) is 0 Å². The summed E-state index contributed by atoms with van der Waals surface area (Å²) >= 11 is 1.31. The zero-order valence-electron chi connectivity index (χ0n) is 25.0. The number of rotatable bonds is 8. The highest BCUT2D eigenvalue weighted by molar-refractivity contribution is 8.00. The number of nitrogens with two attached hydrogens (primary N) is 1. The number of ketones is 1. The molecule has 1 amide bonds. The summed E-state index contributed by atoms with van der Waals surface area (Å²) < 4.78 is 6.32. The number of ether oxygens (including phenoxy) is 1. The Bertz CT molecular complexity index is 1030. The molecule has 0 aromatic rings.